The highest BCUT2D eigenvalue weighted by Crippen LogP contribution is 2.33. The normalized spacial score (nSPS) is 25.5. The number of carbonyl (C=O) groups is 3. The highest BCUT2D eigenvalue weighted by atomic mass is 16.4. The summed E-state index contributed by atoms with van der Waals surface area (Å²) in [7, 11) is 0. The van der Waals surface area contributed by atoms with Crippen LogP contribution in [0.4, 0.5) is 0 Å². The fraction of sp³-hybridized carbons (Fsp3) is 0.438. The molecule has 1 aromatic rings. The fourth-order valence-corrected chi connectivity index (χ4v) is 3.33. The van der Waals surface area contributed by atoms with E-state index in [1.807, 2.05) is 30.3 Å². The molecule has 0 bridgehead atoms. The number of carbonyl (C=O) groups excluding carboxylic acids is 2. The highest BCUT2D eigenvalue weighted by molar-refractivity contribution is 5.98. The number of hydrogen-bond acceptors (Lipinski definition) is 3. The van der Waals surface area contributed by atoms with Gasteiger partial charge in [-0.1, -0.05) is 30.3 Å². The van der Waals surface area contributed by atoms with Crippen molar-refractivity contribution in [1.82, 2.24) is 10.2 Å². The SMILES string of the molecule is O=C1CC[C@]2(CCN([C@@H](Cc3ccccc3)C(=O)O)C2=O)N1. The minimum Gasteiger partial charge on any atom is -0.480 e. The zero-order valence-electron chi connectivity index (χ0n) is 12.1. The average molecular weight is 302 g/mol. The Morgan fingerprint density at radius 2 is 2.00 bits per heavy atom. The van der Waals surface area contributed by atoms with Gasteiger partial charge in [-0.15, -0.1) is 0 Å². The summed E-state index contributed by atoms with van der Waals surface area (Å²) in [6, 6.07) is 8.36. The Labute approximate surface area is 128 Å². The maximum Gasteiger partial charge on any atom is 0.326 e. The van der Waals surface area contributed by atoms with Crippen molar-refractivity contribution >= 4 is 17.8 Å². The third kappa shape index (κ3) is 2.45. The number of nitrogens with zero attached hydrogens (tertiary/aromatic N) is 1. The second-order valence-electron chi connectivity index (χ2n) is 5.92. The number of likely N-dealkylation sites (tertiary alicyclic amines) is 1. The molecule has 116 valence electrons. The zero-order chi connectivity index (χ0) is 15.7. The van der Waals surface area contributed by atoms with Gasteiger partial charge < -0.3 is 15.3 Å². The van der Waals surface area contributed by atoms with Crippen LogP contribution in [0.15, 0.2) is 30.3 Å². The van der Waals surface area contributed by atoms with Crippen LogP contribution >= 0.6 is 0 Å². The predicted molar refractivity (Wildman–Crippen MR) is 78.0 cm³/mol. The molecule has 2 amide bonds. The molecule has 0 radical (unpaired) electrons. The number of rotatable bonds is 4. The second kappa shape index (κ2) is 5.44. The monoisotopic (exact) mass is 302 g/mol. The number of nitrogens with one attached hydrogen (secondary N) is 1. The molecule has 2 N–H and O–H groups in total. The van der Waals surface area contributed by atoms with E-state index >= 15 is 0 Å². The van der Waals surface area contributed by atoms with E-state index in [0.717, 1.165) is 5.56 Å². The lowest BCUT2D eigenvalue weighted by molar-refractivity contribution is -0.149. The molecule has 0 aliphatic carbocycles. The Hall–Kier alpha value is -2.37. The number of benzene rings is 1. The molecule has 22 heavy (non-hydrogen) atoms. The van der Waals surface area contributed by atoms with Gasteiger partial charge >= 0.3 is 5.97 Å². The molecule has 1 aromatic carbocycles. The number of carboxylic acid groups (broad SMARTS) is 1. The van der Waals surface area contributed by atoms with Crippen molar-refractivity contribution in [2.75, 3.05) is 6.54 Å². The molecule has 3 rings (SSSR count). The third-order valence-electron chi connectivity index (χ3n) is 4.54. The molecule has 6 nitrogen and oxygen atoms in total. The van der Waals surface area contributed by atoms with Gasteiger partial charge in [0, 0.05) is 19.4 Å². The maximum atomic E-state index is 12.7. The Kier molecular flexibility index (Phi) is 3.60. The Bertz CT molecular complexity index is 616. The van der Waals surface area contributed by atoms with Crippen LogP contribution in [0.1, 0.15) is 24.8 Å². The molecule has 2 aliphatic rings. The summed E-state index contributed by atoms with van der Waals surface area (Å²) in [5, 5.41) is 12.3. The van der Waals surface area contributed by atoms with Gasteiger partial charge in [0.2, 0.25) is 11.8 Å². The first-order valence-corrected chi connectivity index (χ1v) is 7.41. The van der Waals surface area contributed by atoms with Crippen LogP contribution in [0.5, 0.6) is 0 Å². The van der Waals surface area contributed by atoms with E-state index in [4.69, 9.17) is 0 Å². The first-order chi connectivity index (χ1) is 10.5. The van der Waals surface area contributed by atoms with Crippen molar-refractivity contribution < 1.29 is 19.5 Å². The average Bonchev–Trinajstić information content (AvgIpc) is 3.03. The van der Waals surface area contributed by atoms with Crippen LogP contribution in [0, 0.1) is 0 Å². The molecule has 2 aliphatic heterocycles. The number of carboxylic acids is 1. The number of amides is 2. The van der Waals surface area contributed by atoms with Gasteiger partial charge in [-0.05, 0) is 18.4 Å². The molecule has 2 atom stereocenters. The third-order valence-corrected chi connectivity index (χ3v) is 4.54. The van der Waals surface area contributed by atoms with Crippen LogP contribution in [0.2, 0.25) is 0 Å². The van der Waals surface area contributed by atoms with Crippen LogP contribution < -0.4 is 5.32 Å². The van der Waals surface area contributed by atoms with Gasteiger partial charge in [0.05, 0.1) is 0 Å². The second-order valence-corrected chi connectivity index (χ2v) is 5.92. The van der Waals surface area contributed by atoms with Crippen molar-refractivity contribution in [3.8, 4) is 0 Å². The van der Waals surface area contributed by atoms with E-state index in [1.54, 1.807) is 0 Å². The molecule has 0 aromatic heterocycles. The van der Waals surface area contributed by atoms with E-state index in [2.05, 4.69) is 5.32 Å². The number of aliphatic carboxylic acids is 1. The fourth-order valence-electron chi connectivity index (χ4n) is 3.33. The molecular formula is C16H18N2O4. The molecule has 2 fully saturated rings. The summed E-state index contributed by atoms with van der Waals surface area (Å²) in [4.78, 5) is 37.1. The molecule has 0 unspecified atom stereocenters. The molecule has 1 spiro atoms. The predicted octanol–water partition coefficient (Wildman–Crippen LogP) is 0.563. The largest absolute Gasteiger partial charge is 0.480 e. The van der Waals surface area contributed by atoms with Gasteiger partial charge in [0.15, 0.2) is 0 Å². The minimum absolute atomic E-state index is 0.134. The molecular weight excluding hydrogens is 284 g/mol. The Morgan fingerprint density at radius 3 is 2.59 bits per heavy atom. The molecule has 2 heterocycles. The quantitative estimate of drug-likeness (QED) is 0.851. The van der Waals surface area contributed by atoms with E-state index < -0.39 is 17.6 Å². The lowest BCUT2D eigenvalue weighted by Crippen LogP contribution is -2.52. The van der Waals surface area contributed by atoms with Crippen molar-refractivity contribution in [2.24, 2.45) is 0 Å². The van der Waals surface area contributed by atoms with Gasteiger partial charge in [0.25, 0.3) is 0 Å². The lowest BCUT2D eigenvalue weighted by atomic mass is 9.96. The first-order valence-electron chi connectivity index (χ1n) is 7.41. The summed E-state index contributed by atoms with van der Waals surface area (Å²) < 4.78 is 0. The van der Waals surface area contributed by atoms with Crippen molar-refractivity contribution in [2.45, 2.75) is 37.3 Å². The van der Waals surface area contributed by atoms with Gasteiger partial charge in [-0.2, -0.15) is 0 Å². The standard InChI is InChI=1S/C16H18N2O4/c19-13-6-7-16(17-13)8-9-18(15(16)22)12(14(20)21)10-11-4-2-1-3-5-11/h1-5,12H,6-10H2,(H,17,19)(H,20,21)/t12-,16+/m0/s1. The topological polar surface area (TPSA) is 86.7 Å². The van der Waals surface area contributed by atoms with E-state index in [0.29, 0.717) is 25.8 Å². The Morgan fingerprint density at radius 1 is 1.27 bits per heavy atom. The zero-order valence-corrected chi connectivity index (χ0v) is 12.1. The summed E-state index contributed by atoms with van der Waals surface area (Å²) in [5.74, 6) is -1.41. The van der Waals surface area contributed by atoms with Gasteiger partial charge in [-0.25, -0.2) is 4.79 Å². The summed E-state index contributed by atoms with van der Waals surface area (Å²) >= 11 is 0. The molecule has 2 saturated heterocycles. The summed E-state index contributed by atoms with van der Waals surface area (Å²) in [6.45, 7) is 0.364. The minimum atomic E-state index is -1.02. The van der Waals surface area contributed by atoms with Crippen LogP contribution in [0.3, 0.4) is 0 Å². The van der Waals surface area contributed by atoms with E-state index in [9.17, 15) is 19.5 Å². The molecule has 0 saturated carbocycles. The summed E-state index contributed by atoms with van der Waals surface area (Å²) in [5.41, 5.74) is 0.000633. The molecule has 6 heteroatoms. The van der Waals surface area contributed by atoms with E-state index in [-0.39, 0.29) is 18.2 Å². The van der Waals surface area contributed by atoms with Crippen molar-refractivity contribution in [3.63, 3.8) is 0 Å². The van der Waals surface area contributed by atoms with Crippen molar-refractivity contribution in [3.05, 3.63) is 35.9 Å². The smallest absolute Gasteiger partial charge is 0.326 e. The Balaban J connectivity index is 1.80. The lowest BCUT2D eigenvalue weighted by Gasteiger charge is -2.27. The van der Waals surface area contributed by atoms with E-state index in [1.165, 1.54) is 4.90 Å². The highest BCUT2D eigenvalue weighted by Gasteiger charge is 2.53. The van der Waals surface area contributed by atoms with Crippen LogP contribution in [-0.2, 0) is 20.8 Å². The summed E-state index contributed by atoms with van der Waals surface area (Å²) in [6.07, 6.45) is 1.54. The number of hydrogen-bond donors (Lipinski definition) is 2. The van der Waals surface area contributed by atoms with Gasteiger partial charge in [-0.3, -0.25) is 9.59 Å². The maximum absolute atomic E-state index is 12.7. The van der Waals surface area contributed by atoms with Crippen LogP contribution in [-0.4, -0.2) is 45.9 Å². The van der Waals surface area contributed by atoms with Crippen molar-refractivity contribution in [1.29, 1.82) is 0 Å². The van der Waals surface area contributed by atoms with Gasteiger partial charge in [0.1, 0.15) is 11.6 Å². The first kappa shape index (κ1) is 14.6. The van der Waals surface area contributed by atoms with Crippen LogP contribution in [0.25, 0.3) is 0 Å².